The molecule has 3 rings (SSSR count). The summed E-state index contributed by atoms with van der Waals surface area (Å²) in [6.45, 7) is 1.94. The van der Waals surface area contributed by atoms with Gasteiger partial charge in [-0.1, -0.05) is 6.08 Å². The maximum Gasteiger partial charge on any atom is 0.432 e. The van der Waals surface area contributed by atoms with Gasteiger partial charge in [0.1, 0.15) is 11.4 Å². The van der Waals surface area contributed by atoms with Crippen molar-refractivity contribution in [1.82, 2.24) is 15.2 Å². The molecule has 3 nitrogen and oxygen atoms in total. The quantitative estimate of drug-likeness (QED) is 0.710. The molecule has 0 unspecified atom stereocenters. The first kappa shape index (κ1) is 15.5. The molecule has 0 saturated heterocycles. The molecule has 23 heavy (non-hydrogen) atoms. The lowest BCUT2D eigenvalue weighted by Gasteiger charge is -2.01. The van der Waals surface area contributed by atoms with Crippen molar-refractivity contribution in [3.63, 3.8) is 0 Å². The number of pyridine rings is 1. The molecule has 3 aromatic heterocycles. The second-order valence-electron chi connectivity index (χ2n) is 4.80. The second-order valence-corrected chi connectivity index (χ2v) is 5.91. The zero-order valence-electron chi connectivity index (χ0n) is 12.1. The molecule has 118 valence electrons. The Morgan fingerprint density at radius 2 is 1.96 bits per heavy atom. The zero-order chi connectivity index (χ0) is 16.4. The average Bonchev–Trinajstić information content (AvgIpc) is 3.16. The summed E-state index contributed by atoms with van der Waals surface area (Å²) in [5, 5.41) is 5.71. The van der Waals surface area contributed by atoms with Crippen LogP contribution in [0.25, 0.3) is 27.9 Å². The van der Waals surface area contributed by atoms with Gasteiger partial charge in [-0.2, -0.15) is 18.3 Å². The van der Waals surface area contributed by atoms with Gasteiger partial charge in [0.2, 0.25) is 0 Å². The highest BCUT2D eigenvalue weighted by atomic mass is 32.1. The third-order valence-electron chi connectivity index (χ3n) is 3.15. The van der Waals surface area contributed by atoms with Gasteiger partial charge in [-0.15, -0.1) is 11.3 Å². The number of halogens is 3. The first-order chi connectivity index (χ1) is 11.0. The summed E-state index contributed by atoms with van der Waals surface area (Å²) < 4.78 is 37.9. The van der Waals surface area contributed by atoms with Crippen LogP contribution in [0.5, 0.6) is 0 Å². The first-order valence-corrected chi connectivity index (χ1v) is 7.61. The van der Waals surface area contributed by atoms with E-state index in [1.54, 1.807) is 23.6 Å². The molecule has 0 saturated carbocycles. The van der Waals surface area contributed by atoms with E-state index >= 15 is 0 Å². The third-order valence-corrected chi connectivity index (χ3v) is 4.25. The molecule has 0 spiro atoms. The molecule has 0 aliphatic heterocycles. The van der Waals surface area contributed by atoms with Gasteiger partial charge in [0.25, 0.3) is 0 Å². The van der Waals surface area contributed by atoms with E-state index in [2.05, 4.69) is 10.1 Å². The molecule has 0 radical (unpaired) electrons. The Morgan fingerprint density at radius 1 is 1.13 bits per heavy atom. The Balaban J connectivity index is 1.94. The minimum atomic E-state index is -4.45. The highest BCUT2D eigenvalue weighted by Crippen LogP contribution is 2.32. The maximum absolute atomic E-state index is 12.6. The van der Waals surface area contributed by atoms with E-state index in [1.165, 1.54) is 0 Å². The lowest BCUT2D eigenvalue weighted by Crippen LogP contribution is -2.04. The molecule has 0 atom stereocenters. The summed E-state index contributed by atoms with van der Waals surface area (Å²) in [5.74, 6) is 0. The predicted molar refractivity (Wildman–Crippen MR) is 84.8 cm³/mol. The van der Waals surface area contributed by atoms with E-state index < -0.39 is 11.9 Å². The van der Waals surface area contributed by atoms with Crippen LogP contribution < -0.4 is 0 Å². The van der Waals surface area contributed by atoms with Gasteiger partial charge in [-0.25, -0.2) is 0 Å². The van der Waals surface area contributed by atoms with E-state index in [4.69, 9.17) is 0 Å². The fourth-order valence-corrected chi connectivity index (χ4v) is 3.06. The highest BCUT2D eigenvalue weighted by molar-refractivity contribution is 7.16. The van der Waals surface area contributed by atoms with Crippen LogP contribution in [0.15, 0.2) is 42.6 Å². The number of aromatic amines is 1. The Bertz CT molecular complexity index is 846. The smallest absolute Gasteiger partial charge is 0.273 e. The number of hydrogen-bond donors (Lipinski definition) is 1. The van der Waals surface area contributed by atoms with Crippen molar-refractivity contribution in [2.75, 3.05) is 0 Å². The van der Waals surface area contributed by atoms with Crippen molar-refractivity contribution >= 4 is 17.4 Å². The standard InChI is InChI=1S/C16H12F3N3S/c1-2-3-11-4-5-14(23-11)10-6-7-20-12(8-10)13-9-15(22-21-13)16(17,18)19/h2-9H,1H3,(H,21,22)/b3-2+. The number of H-pyrrole nitrogens is 1. The normalized spacial score (nSPS) is 12.2. The number of aromatic nitrogens is 3. The van der Waals surface area contributed by atoms with Crippen molar-refractivity contribution in [2.24, 2.45) is 0 Å². The summed E-state index contributed by atoms with van der Waals surface area (Å²) in [4.78, 5) is 6.25. The number of hydrogen-bond acceptors (Lipinski definition) is 3. The first-order valence-electron chi connectivity index (χ1n) is 6.79. The molecule has 0 aliphatic rings. The third kappa shape index (κ3) is 3.34. The molecule has 0 aliphatic carbocycles. The molecule has 0 aromatic carbocycles. The van der Waals surface area contributed by atoms with Gasteiger partial charge in [0.05, 0.1) is 5.69 Å². The van der Waals surface area contributed by atoms with E-state index in [0.717, 1.165) is 21.4 Å². The van der Waals surface area contributed by atoms with Crippen molar-refractivity contribution < 1.29 is 13.2 Å². The fraction of sp³-hybridized carbons (Fsp3) is 0.125. The van der Waals surface area contributed by atoms with E-state index in [9.17, 15) is 13.2 Å². The topological polar surface area (TPSA) is 41.6 Å². The summed E-state index contributed by atoms with van der Waals surface area (Å²) in [5.41, 5.74) is 0.582. The molecule has 0 fully saturated rings. The van der Waals surface area contributed by atoms with Gasteiger partial charge in [-0.3, -0.25) is 10.1 Å². The Morgan fingerprint density at radius 3 is 2.65 bits per heavy atom. The van der Waals surface area contributed by atoms with Crippen molar-refractivity contribution in [2.45, 2.75) is 13.1 Å². The molecule has 7 heteroatoms. The molecular weight excluding hydrogens is 323 g/mol. The summed E-state index contributed by atoms with van der Waals surface area (Å²) in [6.07, 6.45) is 1.08. The Labute approximate surface area is 134 Å². The summed E-state index contributed by atoms with van der Waals surface area (Å²) in [6, 6.07) is 8.50. The number of thiophene rings is 1. The van der Waals surface area contributed by atoms with Crippen molar-refractivity contribution in [1.29, 1.82) is 0 Å². The fourth-order valence-electron chi connectivity index (χ4n) is 2.08. The zero-order valence-corrected chi connectivity index (χ0v) is 12.9. The van der Waals surface area contributed by atoms with Gasteiger partial charge in [-0.05, 0) is 48.9 Å². The van der Waals surface area contributed by atoms with E-state index in [1.807, 2.05) is 42.4 Å². The number of rotatable bonds is 3. The summed E-state index contributed by atoms with van der Waals surface area (Å²) in [7, 11) is 0. The number of alkyl halides is 3. The van der Waals surface area contributed by atoms with Crippen molar-refractivity contribution in [3.8, 4) is 21.8 Å². The van der Waals surface area contributed by atoms with Crippen LogP contribution in [0.3, 0.4) is 0 Å². The van der Waals surface area contributed by atoms with Crippen LogP contribution in [0, 0.1) is 0 Å². The lowest BCUT2D eigenvalue weighted by molar-refractivity contribution is -0.141. The van der Waals surface area contributed by atoms with Crippen LogP contribution >= 0.6 is 11.3 Å². The molecule has 0 bridgehead atoms. The molecule has 0 amide bonds. The molecule has 1 N–H and O–H groups in total. The van der Waals surface area contributed by atoms with Crippen LogP contribution in [0.1, 0.15) is 17.5 Å². The van der Waals surface area contributed by atoms with E-state index in [0.29, 0.717) is 5.69 Å². The highest BCUT2D eigenvalue weighted by Gasteiger charge is 2.33. The monoisotopic (exact) mass is 335 g/mol. The predicted octanol–water partition coefficient (Wildman–Crippen LogP) is 5.25. The van der Waals surface area contributed by atoms with Gasteiger partial charge < -0.3 is 0 Å². The number of allylic oxidation sites excluding steroid dienone is 1. The minimum absolute atomic E-state index is 0.171. The van der Waals surface area contributed by atoms with Crippen LogP contribution in [0.2, 0.25) is 0 Å². The SMILES string of the molecule is C/C=C/c1ccc(-c2ccnc(-c3cc(C(F)(F)F)[nH]n3)c2)s1. The van der Waals surface area contributed by atoms with Crippen molar-refractivity contribution in [3.05, 3.63) is 53.2 Å². The second kappa shape index (κ2) is 6.00. The maximum atomic E-state index is 12.6. The number of nitrogens with one attached hydrogen (secondary N) is 1. The van der Waals surface area contributed by atoms with Crippen LogP contribution in [0.4, 0.5) is 13.2 Å². The lowest BCUT2D eigenvalue weighted by atomic mass is 10.1. The van der Waals surface area contributed by atoms with Crippen LogP contribution in [-0.4, -0.2) is 15.2 Å². The minimum Gasteiger partial charge on any atom is -0.273 e. The molecular formula is C16H12F3N3S. The van der Waals surface area contributed by atoms with E-state index in [-0.39, 0.29) is 5.69 Å². The summed E-state index contributed by atoms with van der Waals surface area (Å²) >= 11 is 1.60. The van der Waals surface area contributed by atoms with Crippen LogP contribution in [-0.2, 0) is 6.18 Å². The molecule has 3 aromatic rings. The Kier molecular flexibility index (Phi) is 4.04. The largest absolute Gasteiger partial charge is 0.432 e. The Hall–Kier alpha value is -2.41. The average molecular weight is 335 g/mol. The number of nitrogens with zero attached hydrogens (tertiary/aromatic N) is 2. The van der Waals surface area contributed by atoms with Gasteiger partial charge >= 0.3 is 6.18 Å². The van der Waals surface area contributed by atoms with Gasteiger partial charge in [0.15, 0.2) is 0 Å². The molecule has 3 heterocycles. The van der Waals surface area contributed by atoms with Gasteiger partial charge in [0, 0.05) is 16.0 Å².